The molecule has 1 atom stereocenters. The molecule has 1 unspecified atom stereocenters. The summed E-state index contributed by atoms with van der Waals surface area (Å²) in [5.74, 6) is 0. The predicted octanol–water partition coefficient (Wildman–Crippen LogP) is 4.02. The Kier molecular flexibility index (Phi) is 5.85. The Morgan fingerprint density at radius 3 is 2.75 bits per heavy atom. The Hall–Kier alpha value is -0.610. The highest BCUT2D eigenvalue weighted by Crippen LogP contribution is 2.26. The van der Waals surface area contributed by atoms with Gasteiger partial charge in [-0.3, -0.25) is 4.68 Å². The molecule has 4 heteroatoms. The lowest BCUT2D eigenvalue weighted by molar-refractivity contribution is 0.170. The van der Waals surface area contributed by atoms with Crippen molar-refractivity contribution >= 4 is 15.9 Å². The molecule has 0 spiro atoms. The van der Waals surface area contributed by atoms with Gasteiger partial charge in [0.15, 0.2) is 0 Å². The molecular formula is C16H25BrN2O. The number of rotatable bonds is 6. The van der Waals surface area contributed by atoms with E-state index in [1.54, 1.807) is 0 Å². The highest BCUT2D eigenvalue weighted by atomic mass is 79.9. The Balaban J connectivity index is 2.05. The first-order valence-corrected chi connectivity index (χ1v) is 8.55. The minimum absolute atomic E-state index is 0.303. The third kappa shape index (κ3) is 3.73. The zero-order valence-electron chi connectivity index (χ0n) is 12.5. The van der Waals surface area contributed by atoms with Crippen LogP contribution in [0, 0.1) is 0 Å². The van der Waals surface area contributed by atoms with Crippen LogP contribution in [0.15, 0.2) is 16.1 Å². The van der Waals surface area contributed by atoms with Gasteiger partial charge in [0.05, 0.1) is 22.0 Å². The van der Waals surface area contributed by atoms with Gasteiger partial charge in [-0.2, -0.15) is 5.10 Å². The van der Waals surface area contributed by atoms with Crippen molar-refractivity contribution in [2.45, 2.75) is 71.4 Å². The van der Waals surface area contributed by atoms with Crippen molar-refractivity contribution in [2.75, 3.05) is 0 Å². The van der Waals surface area contributed by atoms with Gasteiger partial charge in [0.1, 0.15) is 0 Å². The summed E-state index contributed by atoms with van der Waals surface area (Å²) in [6, 6.07) is 0. The van der Waals surface area contributed by atoms with Crippen molar-refractivity contribution in [3.05, 3.63) is 27.5 Å². The molecule has 0 aromatic carbocycles. The quantitative estimate of drug-likeness (QED) is 0.794. The monoisotopic (exact) mass is 340 g/mol. The molecule has 0 fully saturated rings. The van der Waals surface area contributed by atoms with E-state index in [0.717, 1.165) is 41.7 Å². The molecular weight excluding hydrogens is 316 g/mol. The third-order valence-electron chi connectivity index (χ3n) is 4.01. The van der Waals surface area contributed by atoms with Crippen molar-refractivity contribution in [2.24, 2.45) is 0 Å². The second kappa shape index (κ2) is 7.41. The van der Waals surface area contributed by atoms with Gasteiger partial charge in [0.25, 0.3) is 0 Å². The number of allylic oxidation sites excluding steroid dienone is 1. The van der Waals surface area contributed by atoms with E-state index < -0.39 is 0 Å². The van der Waals surface area contributed by atoms with Gasteiger partial charge in [-0.15, -0.1) is 0 Å². The molecule has 0 saturated heterocycles. The number of aliphatic hydroxyl groups excluding tert-OH is 1. The van der Waals surface area contributed by atoms with Crippen LogP contribution in [0.1, 0.15) is 57.3 Å². The molecule has 0 radical (unpaired) electrons. The molecule has 3 nitrogen and oxygen atoms in total. The summed E-state index contributed by atoms with van der Waals surface area (Å²) in [6.45, 7) is 5.06. The van der Waals surface area contributed by atoms with Crippen LogP contribution in [-0.2, 0) is 19.4 Å². The molecule has 1 N–H and O–H groups in total. The maximum Gasteiger partial charge on any atom is 0.0766 e. The van der Waals surface area contributed by atoms with E-state index >= 15 is 0 Å². The van der Waals surface area contributed by atoms with E-state index in [2.05, 4.69) is 41.0 Å². The van der Waals surface area contributed by atoms with Gasteiger partial charge in [-0.05, 0) is 61.4 Å². The Morgan fingerprint density at radius 1 is 1.35 bits per heavy atom. The lowest BCUT2D eigenvalue weighted by Gasteiger charge is -2.17. The fourth-order valence-electron chi connectivity index (χ4n) is 2.90. The largest absolute Gasteiger partial charge is 0.392 e. The van der Waals surface area contributed by atoms with E-state index in [4.69, 9.17) is 0 Å². The van der Waals surface area contributed by atoms with Crippen LogP contribution < -0.4 is 0 Å². The second-order valence-electron chi connectivity index (χ2n) is 5.55. The Bertz CT molecular complexity index is 479. The van der Waals surface area contributed by atoms with E-state index in [1.165, 1.54) is 24.8 Å². The standard InChI is InChI=1S/C16H25BrN2O/c1-3-14-16(17)15(19(4-2)18-14)11-13(20)10-12-8-6-5-7-9-12/h8,13,20H,3-7,9-11H2,1-2H3. The molecule has 20 heavy (non-hydrogen) atoms. The summed E-state index contributed by atoms with van der Waals surface area (Å²) in [5, 5.41) is 15.0. The summed E-state index contributed by atoms with van der Waals surface area (Å²) in [7, 11) is 0. The predicted molar refractivity (Wildman–Crippen MR) is 85.9 cm³/mol. The van der Waals surface area contributed by atoms with Gasteiger partial charge in [0, 0.05) is 13.0 Å². The molecule has 0 aliphatic heterocycles. The van der Waals surface area contributed by atoms with Crippen LogP contribution in [0.3, 0.4) is 0 Å². The molecule has 0 bridgehead atoms. The average molecular weight is 341 g/mol. The molecule has 0 saturated carbocycles. The number of aromatic nitrogens is 2. The number of hydrogen-bond donors (Lipinski definition) is 1. The van der Waals surface area contributed by atoms with Gasteiger partial charge in [-0.25, -0.2) is 0 Å². The van der Waals surface area contributed by atoms with Crippen molar-refractivity contribution in [3.63, 3.8) is 0 Å². The number of halogens is 1. The Morgan fingerprint density at radius 2 is 2.15 bits per heavy atom. The summed E-state index contributed by atoms with van der Waals surface area (Å²) < 4.78 is 3.10. The summed E-state index contributed by atoms with van der Waals surface area (Å²) in [5.41, 5.74) is 3.65. The zero-order valence-corrected chi connectivity index (χ0v) is 14.1. The highest BCUT2D eigenvalue weighted by Gasteiger charge is 2.18. The van der Waals surface area contributed by atoms with Crippen LogP contribution in [-0.4, -0.2) is 21.0 Å². The first-order valence-electron chi connectivity index (χ1n) is 7.75. The molecule has 1 aliphatic rings. The van der Waals surface area contributed by atoms with Crippen molar-refractivity contribution in [1.29, 1.82) is 0 Å². The molecule has 1 heterocycles. The van der Waals surface area contributed by atoms with Crippen molar-refractivity contribution in [3.8, 4) is 0 Å². The van der Waals surface area contributed by atoms with Crippen LogP contribution in [0.5, 0.6) is 0 Å². The molecule has 2 rings (SSSR count). The fourth-order valence-corrected chi connectivity index (χ4v) is 3.63. The minimum atomic E-state index is -0.303. The maximum atomic E-state index is 10.4. The van der Waals surface area contributed by atoms with Crippen LogP contribution in [0.4, 0.5) is 0 Å². The Labute approximate surface area is 130 Å². The number of hydrogen-bond acceptors (Lipinski definition) is 2. The number of aryl methyl sites for hydroxylation is 2. The van der Waals surface area contributed by atoms with Gasteiger partial charge < -0.3 is 5.11 Å². The van der Waals surface area contributed by atoms with Gasteiger partial charge >= 0.3 is 0 Å². The first-order chi connectivity index (χ1) is 9.65. The maximum absolute atomic E-state index is 10.4. The van der Waals surface area contributed by atoms with E-state index in [1.807, 2.05) is 4.68 Å². The van der Waals surface area contributed by atoms with Gasteiger partial charge in [0.2, 0.25) is 0 Å². The van der Waals surface area contributed by atoms with E-state index in [-0.39, 0.29) is 6.10 Å². The lowest BCUT2D eigenvalue weighted by Crippen LogP contribution is -2.16. The van der Waals surface area contributed by atoms with Crippen LogP contribution in [0.2, 0.25) is 0 Å². The third-order valence-corrected chi connectivity index (χ3v) is 4.92. The van der Waals surface area contributed by atoms with Crippen molar-refractivity contribution in [1.82, 2.24) is 9.78 Å². The minimum Gasteiger partial charge on any atom is -0.392 e. The molecule has 1 aliphatic carbocycles. The van der Waals surface area contributed by atoms with Gasteiger partial charge in [-0.1, -0.05) is 18.6 Å². The number of aliphatic hydroxyl groups is 1. The SMILES string of the molecule is CCc1nn(CC)c(CC(O)CC2=CCCCC2)c1Br. The highest BCUT2D eigenvalue weighted by molar-refractivity contribution is 9.10. The first kappa shape index (κ1) is 15.8. The average Bonchev–Trinajstić information content (AvgIpc) is 2.76. The summed E-state index contributed by atoms with van der Waals surface area (Å²) in [6.07, 6.45) is 9.33. The van der Waals surface area contributed by atoms with Crippen LogP contribution in [0.25, 0.3) is 0 Å². The second-order valence-corrected chi connectivity index (χ2v) is 6.34. The summed E-state index contributed by atoms with van der Waals surface area (Å²) in [4.78, 5) is 0. The van der Waals surface area contributed by atoms with E-state index in [9.17, 15) is 5.11 Å². The fraction of sp³-hybridized carbons (Fsp3) is 0.688. The smallest absolute Gasteiger partial charge is 0.0766 e. The molecule has 1 aromatic heterocycles. The molecule has 0 amide bonds. The normalized spacial score (nSPS) is 17.1. The number of nitrogens with zero attached hydrogens (tertiary/aromatic N) is 2. The lowest BCUT2D eigenvalue weighted by atomic mass is 9.94. The van der Waals surface area contributed by atoms with Crippen LogP contribution >= 0.6 is 15.9 Å². The molecule has 112 valence electrons. The van der Waals surface area contributed by atoms with E-state index in [0.29, 0.717) is 6.42 Å². The topological polar surface area (TPSA) is 38.0 Å². The molecule has 1 aromatic rings. The summed E-state index contributed by atoms with van der Waals surface area (Å²) >= 11 is 3.65. The zero-order chi connectivity index (χ0) is 14.5. The van der Waals surface area contributed by atoms with Crippen molar-refractivity contribution < 1.29 is 5.11 Å².